The first-order valence-corrected chi connectivity index (χ1v) is 4.10. The minimum Gasteiger partial charge on any atom is -0.372 e. The van der Waals surface area contributed by atoms with E-state index >= 15 is 0 Å². The van der Waals surface area contributed by atoms with Crippen LogP contribution in [-0.4, -0.2) is 18.6 Å². The van der Waals surface area contributed by atoms with Gasteiger partial charge in [-0.1, -0.05) is 5.57 Å². The number of halogens is 1. The third kappa shape index (κ3) is 1.74. The lowest BCUT2D eigenvalue weighted by Crippen LogP contribution is -2.21. The minimum absolute atomic E-state index is 0.255. The van der Waals surface area contributed by atoms with Crippen LogP contribution in [0.4, 0.5) is 0 Å². The van der Waals surface area contributed by atoms with E-state index < -0.39 is 0 Å². The quantitative estimate of drug-likeness (QED) is 0.423. The second-order valence-electron chi connectivity index (χ2n) is 2.85. The van der Waals surface area contributed by atoms with E-state index in [1.807, 2.05) is 0 Å². The van der Waals surface area contributed by atoms with Gasteiger partial charge in [0.2, 0.25) is 0 Å². The molecule has 1 aliphatic rings. The summed E-state index contributed by atoms with van der Waals surface area (Å²) in [4.78, 5) is 0. The smallest absolute Gasteiger partial charge is 0.0751 e. The fraction of sp³-hybridized carbons (Fsp3) is 0.750. The van der Waals surface area contributed by atoms with Crippen molar-refractivity contribution in [3.63, 3.8) is 0 Å². The van der Waals surface area contributed by atoms with Gasteiger partial charge in [-0.2, -0.15) is 0 Å². The van der Waals surface area contributed by atoms with Crippen molar-refractivity contribution in [2.45, 2.75) is 26.4 Å². The first-order valence-electron chi connectivity index (χ1n) is 3.57. The van der Waals surface area contributed by atoms with Crippen molar-refractivity contribution in [2.24, 2.45) is 0 Å². The molecule has 0 N–H and O–H groups in total. The summed E-state index contributed by atoms with van der Waals surface area (Å²) in [6, 6.07) is 0. The molecule has 58 valence electrons. The van der Waals surface area contributed by atoms with Crippen LogP contribution in [0.25, 0.3) is 0 Å². The number of hydrogen-bond donors (Lipinski definition) is 0. The second kappa shape index (κ2) is 3.40. The molecule has 0 aromatic heterocycles. The van der Waals surface area contributed by atoms with Crippen LogP contribution in [0, 0.1) is 0 Å². The van der Waals surface area contributed by atoms with Gasteiger partial charge in [0, 0.05) is 5.88 Å². The summed E-state index contributed by atoms with van der Waals surface area (Å²) in [5, 5.41) is 0. The van der Waals surface area contributed by atoms with Crippen molar-refractivity contribution >= 4 is 11.6 Å². The topological polar surface area (TPSA) is 9.23 Å². The number of rotatable bonds is 1. The molecule has 1 rings (SSSR count). The monoisotopic (exact) mass is 160 g/mol. The van der Waals surface area contributed by atoms with Crippen molar-refractivity contribution in [3.05, 3.63) is 11.1 Å². The minimum atomic E-state index is 0.255. The molecule has 10 heavy (non-hydrogen) atoms. The molecular formula is C8H13ClO. The van der Waals surface area contributed by atoms with Crippen molar-refractivity contribution in [3.8, 4) is 0 Å². The summed E-state index contributed by atoms with van der Waals surface area (Å²) in [5.41, 5.74) is 2.80. The Morgan fingerprint density at radius 1 is 1.50 bits per heavy atom. The van der Waals surface area contributed by atoms with E-state index in [0.29, 0.717) is 5.88 Å². The summed E-state index contributed by atoms with van der Waals surface area (Å²) in [6.07, 6.45) is 1.26. The normalized spacial score (nSPS) is 27.3. The molecule has 0 spiro atoms. The van der Waals surface area contributed by atoms with E-state index in [4.69, 9.17) is 16.3 Å². The van der Waals surface area contributed by atoms with E-state index in [-0.39, 0.29) is 6.10 Å². The lowest BCUT2D eigenvalue weighted by molar-refractivity contribution is 0.0743. The Morgan fingerprint density at radius 2 is 2.20 bits per heavy atom. The zero-order valence-electron chi connectivity index (χ0n) is 6.48. The summed E-state index contributed by atoms with van der Waals surface area (Å²) in [7, 11) is 0. The molecule has 1 nitrogen and oxygen atoms in total. The van der Waals surface area contributed by atoms with Crippen LogP contribution in [0.3, 0.4) is 0 Å². The summed E-state index contributed by atoms with van der Waals surface area (Å²) in [5.74, 6) is 0.616. The fourth-order valence-corrected chi connectivity index (χ4v) is 1.24. The van der Waals surface area contributed by atoms with Gasteiger partial charge in [0.1, 0.15) is 0 Å². The largest absolute Gasteiger partial charge is 0.372 e. The molecule has 0 aromatic carbocycles. The van der Waals surface area contributed by atoms with Crippen LogP contribution in [0.5, 0.6) is 0 Å². The van der Waals surface area contributed by atoms with Crippen LogP contribution in [0.1, 0.15) is 20.3 Å². The number of hydrogen-bond acceptors (Lipinski definition) is 1. The van der Waals surface area contributed by atoms with Gasteiger partial charge >= 0.3 is 0 Å². The van der Waals surface area contributed by atoms with E-state index in [9.17, 15) is 0 Å². The van der Waals surface area contributed by atoms with Crippen LogP contribution in [0.2, 0.25) is 0 Å². The van der Waals surface area contributed by atoms with Crippen molar-refractivity contribution < 1.29 is 4.74 Å². The van der Waals surface area contributed by atoms with E-state index in [1.54, 1.807) is 0 Å². The molecule has 1 unspecified atom stereocenters. The molecule has 0 bridgehead atoms. The molecule has 1 atom stereocenters. The Kier molecular flexibility index (Phi) is 2.75. The Balaban J connectivity index is 2.54. The third-order valence-corrected chi connectivity index (χ3v) is 2.31. The van der Waals surface area contributed by atoms with Gasteiger partial charge in [-0.15, -0.1) is 11.6 Å². The molecular weight excluding hydrogens is 148 g/mol. The van der Waals surface area contributed by atoms with Crippen molar-refractivity contribution in [2.75, 3.05) is 12.5 Å². The molecule has 0 aliphatic carbocycles. The van der Waals surface area contributed by atoms with E-state index in [1.165, 1.54) is 11.1 Å². The van der Waals surface area contributed by atoms with Gasteiger partial charge in [-0.25, -0.2) is 0 Å². The molecule has 0 saturated carbocycles. The average Bonchev–Trinajstić information content (AvgIpc) is 1.95. The Hall–Kier alpha value is -0.0100. The highest BCUT2D eigenvalue weighted by molar-refractivity contribution is 6.18. The predicted octanol–water partition coefficient (Wildman–Crippen LogP) is 2.35. The van der Waals surface area contributed by atoms with Gasteiger partial charge in [-0.3, -0.25) is 0 Å². The zero-order chi connectivity index (χ0) is 7.56. The molecule has 0 fully saturated rings. The standard InChI is InChI=1S/C8H13ClO/c1-6-3-8(4-9)10-5-7(6)2/h8H,3-5H2,1-2H3. The zero-order valence-corrected chi connectivity index (χ0v) is 7.24. The molecule has 0 aromatic rings. The summed E-state index contributed by atoms with van der Waals surface area (Å²) < 4.78 is 5.42. The fourth-order valence-electron chi connectivity index (χ4n) is 1.04. The Morgan fingerprint density at radius 3 is 2.70 bits per heavy atom. The third-order valence-electron chi connectivity index (χ3n) is 1.97. The van der Waals surface area contributed by atoms with Gasteiger partial charge in [0.05, 0.1) is 12.7 Å². The van der Waals surface area contributed by atoms with E-state index in [0.717, 1.165) is 13.0 Å². The highest BCUT2D eigenvalue weighted by atomic mass is 35.5. The lowest BCUT2D eigenvalue weighted by atomic mass is 10.0. The molecule has 1 aliphatic heterocycles. The Bertz CT molecular complexity index is 151. The maximum absolute atomic E-state index is 5.65. The predicted molar refractivity (Wildman–Crippen MR) is 43.5 cm³/mol. The summed E-state index contributed by atoms with van der Waals surface area (Å²) in [6.45, 7) is 5.03. The van der Waals surface area contributed by atoms with Crippen molar-refractivity contribution in [1.29, 1.82) is 0 Å². The van der Waals surface area contributed by atoms with Crippen LogP contribution in [0.15, 0.2) is 11.1 Å². The van der Waals surface area contributed by atoms with Crippen molar-refractivity contribution in [1.82, 2.24) is 0 Å². The molecule has 1 heterocycles. The van der Waals surface area contributed by atoms with Gasteiger partial charge in [0.25, 0.3) is 0 Å². The number of ether oxygens (including phenoxy) is 1. The van der Waals surface area contributed by atoms with Crippen LogP contribution < -0.4 is 0 Å². The Labute approximate surface area is 67.0 Å². The number of alkyl halides is 1. The van der Waals surface area contributed by atoms with E-state index in [2.05, 4.69) is 13.8 Å². The average molecular weight is 161 g/mol. The summed E-state index contributed by atoms with van der Waals surface area (Å²) >= 11 is 5.65. The SMILES string of the molecule is CC1=C(C)CC(CCl)OC1. The highest BCUT2D eigenvalue weighted by Gasteiger charge is 2.15. The molecule has 2 heteroatoms. The van der Waals surface area contributed by atoms with Gasteiger partial charge in [-0.05, 0) is 25.8 Å². The van der Waals surface area contributed by atoms with Crippen LogP contribution >= 0.6 is 11.6 Å². The van der Waals surface area contributed by atoms with Gasteiger partial charge in [0.15, 0.2) is 0 Å². The first kappa shape index (κ1) is 8.09. The van der Waals surface area contributed by atoms with Gasteiger partial charge < -0.3 is 4.74 Å². The molecule has 0 amide bonds. The van der Waals surface area contributed by atoms with Crippen LogP contribution in [-0.2, 0) is 4.74 Å². The molecule has 0 saturated heterocycles. The lowest BCUT2D eigenvalue weighted by Gasteiger charge is -2.22. The maximum Gasteiger partial charge on any atom is 0.0751 e. The maximum atomic E-state index is 5.65. The first-order chi connectivity index (χ1) is 4.74. The second-order valence-corrected chi connectivity index (χ2v) is 3.16. The highest BCUT2D eigenvalue weighted by Crippen LogP contribution is 2.19. The molecule has 0 radical (unpaired) electrons.